The van der Waals surface area contributed by atoms with Crippen LogP contribution in [0.2, 0.25) is 0 Å². The molecule has 2 nitrogen and oxygen atoms in total. The van der Waals surface area contributed by atoms with Crippen molar-refractivity contribution in [3.63, 3.8) is 0 Å². The molecule has 1 unspecified atom stereocenters. The number of benzene rings is 2. The summed E-state index contributed by atoms with van der Waals surface area (Å²) in [6.07, 6.45) is 3.77. The molecule has 0 aliphatic heterocycles. The first-order chi connectivity index (χ1) is 9.81. The smallest absolute Gasteiger partial charge is 0.0592 e. The van der Waals surface area contributed by atoms with Crippen molar-refractivity contribution in [1.29, 1.82) is 0 Å². The molecule has 0 spiro atoms. The number of pyridine rings is 1. The van der Waals surface area contributed by atoms with Gasteiger partial charge in [0.2, 0.25) is 0 Å². The molecule has 0 fully saturated rings. The van der Waals surface area contributed by atoms with E-state index in [1.54, 1.807) is 0 Å². The van der Waals surface area contributed by atoms with E-state index in [1.807, 2.05) is 31.6 Å². The fourth-order valence-electron chi connectivity index (χ4n) is 2.58. The Bertz CT molecular complexity index is 734. The van der Waals surface area contributed by atoms with Crippen molar-refractivity contribution in [3.05, 3.63) is 76.5 Å². The zero-order valence-electron chi connectivity index (χ0n) is 11.2. The molecular formula is C17H15BrN2. The van der Waals surface area contributed by atoms with Crippen LogP contribution >= 0.6 is 15.9 Å². The molecule has 2 aromatic carbocycles. The molecule has 100 valence electrons. The highest BCUT2D eigenvalue weighted by molar-refractivity contribution is 9.10. The van der Waals surface area contributed by atoms with Gasteiger partial charge in [-0.2, -0.15) is 0 Å². The molecule has 0 saturated heterocycles. The molecule has 1 aromatic heterocycles. The highest BCUT2D eigenvalue weighted by atomic mass is 79.9. The summed E-state index contributed by atoms with van der Waals surface area (Å²) < 4.78 is 1.11. The van der Waals surface area contributed by atoms with Gasteiger partial charge in [0.15, 0.2) is 0 Å². The Balaban J connectivity index is 2.20. The number of hydrogen-bond acceptors (Lipinski definition) is 2. The van der Waals surface area contributed by atoms with E-state index < -0.39 is 0 Å². The lowest BCUT2D eigenvalue weighted by molar-refractivity contribution is 0.694. The van der Waals surface area contributed by atoms with E-state index in [4.69, 9.17) is 0 Å². The minimum Gasteiger partial charge on any atom is -0.309 e. The zero-order valence-corrected chi connectivity index (χ0v) is 12.8. The highest BCUT2D eigenvalue weighted by Crippen LogP contribution is 2.32. The van der Waals surface area contributed by atoms with Crippen molar-refractivity contribution in [2.45, 2.75) is 6.04 Å². The van der Waals surface area contributed by atoms with Crippen molar-refractivity contribution in [3.8, 4) is 0 Å². The van der Waals surface area contributed by atoms with Crippen LogP contribution in [0.5, 0.6) is 0 Å². The lowest BCUT2D eigenvalue weighted by Crippen LogP contribution is -2.18. The molecule has 1 heterocycles. The Morgan fingerprint density at radius 3 is 2.60 bits per heavy atom. The first-order valence-corrected chi connectivity index (χ1v) is 7.35. The van der Waals surface area contributed by atoms with Crippen molar-refractivity contribution < 1.29 is 0 Å². The summed E-state index contributed by atoms with van der Waals surface area (Å²) >= 11 is 3.64. The first-order valence-electron chi connectivity index (χ1n) is 6.55. The molecule has 3 aromatic rings. The molecule has 0 aliphatic carbocycles. The Labute approximate surface area is 127 Å². The van der Waals surface area contributed by atoms with Gasteiger partial charge in [-0.3, -0.25) is 4.98 Å². The Morgan fingerprint density at radius 2 is 1.80 bits per heavy atom. The van der Waals surface area contributed by atoms with E-state index in [9.17, 15) is 0 Å². The number of aromatic nitrogens is 1. The van der Waals surface area contributed by atoms with E-state index >= 15 is 0 Å². The summed E-state index contributed by atoms with van der Waals surface area (Å²) in [5.74, 6) is 0. The Kier molecular flexibility index (Phi) is 3.81. The minimum atomic E-state index is 0.137. The van der Waals surface area contributed by atoms with Crippen LogP contribution in [0.15, 0.2) is 65.4 Å². The average Bonchev–Trinajstić information content (AvgIpc) is 2.50. The monoisotopic (exact) mass is 326 g/mol. The molecular weight excluding hydrogens is 312 g/mol. The third-order valence-electron chi connectivity index (χ3n) is 3.53. The Hall–Kier alpha value is -1.71. The lowest BCUT2D eigenvalue weighted by Gasteiger charge is -2.20. The second-order valence-corrected chi connectivity index (χ2v) is 5.54. The summed E-state index contributed by atoms with van der Waals surface area (Å²) in [6.45, 7) is 0. The zero-order chi connectivity index (χ0) is 13.9. The fraction of sp³-hybridized carbons (Fsp3) is 0.118. The summed E-state index contributed by atoms with van der Waals surface area (Å²) in [5.41, 5.74) is 2.47. The predicted octanol–water partition coefficient (Wildman–Crippen LogP) is 4.31. The molecule has 20 heavy (non-hydrogen) atoms. The summed E-state index contributed by atoms with van der Waals surface area (Å²) in [4.78, 5) is 4.27. The summed E-state index contributed by atoms with van der Waals surface area (Å²) in [5, 5.41) is 5.81. The van der Waals surface area contributed by atoms with Crippen molar-refractivity contribution in [2.75, 3.05) is 7.05 Å². The Morgan fingerprint density at radius 1 is 1.00 bits per heavy atom. The van der Waals surface area contributed by atoms with Crippen LogP contribution in [0.25, 0.3) is 10.8 Å². The molecule has 0 radical (unpaired) electrons. The molecule has 0 amide bonds. The molecule has 0 bridgehead atoms. The maximum Gasteiger partial charge on any atom is 0.0592 e. The van der Waals surface area contributed by atoms with E-state index in [1.165, 1.54) is 21.9 Å². The summed E-state index contributed by atoms with van der Waals surface area (Å²) in [7, 11) is 1.99. The molecule has 3 rings (SSSR count). The van der Waals surface area contributed by atoms with Gasteiger partial charge in [-0.1, -0.05) is 52.3 Å². The van der Waals surface area contributed by atoms with E-state index in [0.717, 1.165) is 4.47 Å². The number of nitrogens with zero attached hydrogens (tertiary/aromatic N) is 1. The van der Waals surface area contributed by atoms with Crippen LogP contribution in [-0.4, -0.2) is 12.0 Å². The van der Waals surface area contributed by atoms with Gasteiger partial charge in [0.1, 0.15) is 0 Å². The van der Waals surface area contributed by atoms with Gasteiger partial charge in [0.25, 0.3) is 0 Å². The number of fused-ring (bicyclic) bond motifs is 1. The molecule has 1 N–H and O–H groups in total. The molecule has 3 heteroatoms. The third kappa shape index (κ3) is 2.35. The fourth-order valence-corrected chi connectivity index (χ4v) is 3.09. The van der Waals surface area contributed by atoms with Crippen LogP contribution in [0.4, 0.5) is 0 Å². The van der Waals surface area contributed by atoms with E-state index in [2.05, 4.69) is 62.6 Å². The van der Waals surface area contributed by atoms with Crippen LogP contribution in [0.1, 0.15) is 17.2 Å². The maximum atomic E-state index is 4.27. The van der Waals surface area contributed by atoms with Crippen molar-refractivity contribution >= 4 is 26.7 Å². The predicted molar refractivity (Wildman–Crippen MR) is 86.8 cm³/mol. The normalized spacial score (nSPS) is 12.5. The van der Waals surface area contributed by atoms with Crippen LogP contribution in [0, 0.1) is 0 Å². The van der Waals surface area contributed by atoms with Crippen LogP contribution in [-0.2, 0) is 0 Å². The van der Waals surface area contributed by atoms with Gasteiger partial charge in [-0.25, -0.2) is 0 Å². The second kappa shape index (κ2) is 5.73. The number of rotatable bonds is 3. The van der Waals surface area contributed by atoms with Gasteiger partial charge >= 0.3 is 0 Å². The molecule has 0 saturated carbocycles. The highest BCUT2D eigenvalue weighted by Gasteiger charge is 2.16. The summed E-state index contributed by atoms with van der Waals surface area (Å²) in [6, 6.07) is 16.9. The molecule has 0 aliphatic rings. The number of hydrogen-bond donors (Lipinski definition) is 1. The van der Waals surface area contributed by atoms with Crippen molar-refractivity contribution in [1.82, 2.24) is 10.3 Å². The van der Waals surface area contributed by atoms with E-state index in [-0.39, 0.29) is 6.04 Å². The molecule has 1 atom stereocenters. The number of nitrogens with one attached hydrogen (secondary N) is 1. The standard InChI is InChI=1S/C17H15BrN2/c1-19-17(14-6-2-3-8-16(14)18)13-7-4-5-12-9-10-20-11-15(12)13/h2-11,17,19H,1H3. The average molecular weight is 327 g/mol. The minimum absolute atomic E-state index is 0.137. The second-order valence-electron chi connectivity index (χ2n) is 4.69. The van der Waals surface area contributed by atoms with Gasteiger partial charge in [0.05, 0.1) is 6.04 Å². The third-order valence-corrected chi connectivity index (χ3v) is 4.26. The number of halogens is 1. The lowest BCUT2D eigenvalue weighted by atomic mass is 9.95. The largest absolute Gasteiger partial charge is 0.309 e. The topological polar surface area (TPSA) is 24.9 Å². The SMILES string of the molecule is CNC(c1ccccc1Br)c1cccc2ccncc12. The van der Waals surface area contributed by atoms with Gasteiger partial charge in [-0.05, 0) is 35.7 Å². The van der Waals surface area contributed by atoms with Gasteiger partial charge in [0, 0.05) is 22.3 Å². The van der Waals surface area contributed by atoms with Gasteiger partial charge < -0.3 is 5.32 Å². The first kappa shape index (κ1) is 13.3. The quantitative estimate of drug-likeness (QED) is 0.775. The van der Waals surface area contributed by atoms with Crippen LogP contribution in [0.3, 0.4) is 0 Å². The van der Waals surface area contributed by atoms with E-state index in [0.29, 0.717) is 0 Å². The van der Waals surface area contributed by atoms with Gasteiger partial charge in [-0.15, -0.1) is 0 Å². The van der Waals surface area contributed by atoms with Crippen LogP contribution < -0.4 is 5.32 Å². The maximum absolute atomic E-state index is 4.27. The van der Waals surface area contributed by atoms with Crippen molar-refractivity contribution in [2.24, 2.45) is 0 Å².